The Hall–Kier alpha value is -3.28. The molecule has 1 heterocycles. The van der Waals surface area contributed by atoms with Crippen molar-refractivity contribution in [2.24, 2.45) is 0 Å². The fourth-order valence-electron chi connectivity index (χ4n) is 1.34. The molecule has 1 aromatic heterocycles. The van der Waals surface area contributed by atoms with Crippen molar-refractivity contribution in [3.05, 3.63) is 45.8 Å². The highest BCUT2D eigenvalue weighted by molar-refractivity contribution is 6.03. The van der Waals surface area contributed by atoms with Crippen molar-refractivity contribution in [1.29, 1.82) is 5.26 Å². The zero-order valence-corrected chi connectivity index (χ0v) is 9.32. The maximum Gasteiger partial charge on any atom is 0.277 e. The van der Waals surface area contributed by atoms with E-state index in [-0.39, 0.29) is 22.6 Å². The molecule has 2 N–H and O–H groups in total. The maximum absolute atomic E-state index is 11.7. The second-order valence-corrected chi connectivity index (χ2v) is 3.41. The molecule has 0 spiro atoms. The van der Waals surface area contributed by atoms with Gasteiger partial charge < -0.3 is 5.32 Å². The predicted octanol–water partition coefficient (Wildman–Crippen LogP) is 0.837. The molecular weight excluding hydrogens is 252 g/mol. The average molecular weight is 258 g/mol. The van der Waals surface area contributed by atoms with Crippen LogP contribution in [0.5, 0.6) is 0 Å². The van der Waals surface area contributed by atoms with Crippen LogP contribution in [0.15, 0.2) is 24.4 Å². The third-order valence-electron chi connectivity index (χ3n) is 2.23. The van der Waals surface area contributed by atoms with E-state index in [4.69, 9.17) is 5.26 Å². The highest BCUT2D eigenvalue weighted by Crippen LogP contribution is 2.21. The number of aromatic amines is 1. The van der Waals surface area contributed by atoms with E-state index in [0.29, 0.717) is 0 Å². The van der Waals surface area contributed by atoms with Gasteiger partial charge in [0.1, 0.15) is 6.07 Å². The normalized spacial score (nSPS) is 9.63. The number of hydrogen-bond acceptors (Lipinski definition) is 6. The maximum atomic E-state index is 11.7. The molecule has 0 unspecified atom stereocenters. The van der Waals surface area contributed by atoms with E-state index in [0.717, 1.165) is 6.07 Å². The molecule has 0 fully saturated rings. The number of benzene rings is 1. The van der Waals surface area contributed by atoms with Crippen LogP contribution >= 0.6 is 0 Å². The molecular formula is C10H6N6O3. The Morgan fingerprint density at radius 2 is 2.32 bits per heavy atom. The zero-order valence-electron chi connectivity index (χ0n) is 9.32. The summed E-state index contributed by atoms with van der Waals surface area (Å²) in [5, 5.41) is 31.2. The van der Waals surface area contributed by atoms with Gasteiger partial charge in [-0.3, -0.25) is 14.9 Å². The van der Waals surface area contributed by atoms with Gasteiger partial charge in [-0.05, 0) is 6.07 Å². The van der Waals surface area contributed by atoms with Crippen molar-refractivity contribution in [3.63, 3.8) is 0 Å². The molecule has 0 aliphatic carbocycles. The molecule has 1 amide bonds. The summed E-state index contributed by atoms with van der Waals surface area (Å²) >= 11 is 0. The van der Waals surface area contributed by atoms with Gasteiger partial charge in [-0.25, -0.2) is 0 Å². The molecule has 0 bridgehead atoms. The molecule has 0 saturated heterocycles. The predicted molar refractivity (Wildman–Crippen MR) is 62.1 cm³/mol. The summed E-state index contributed by atoms with van der Waals surface area (Å²) in [7, 11) is 0. The van der Waals surface area contributed by atoms with Gasteiger partial charge in [0.05, 0.1) is 22.4 Å². The van der Waals surface area contributed by atoms with Crippen molar-refractivity contribution >= 4 is 17.3 Å². The van der Waals surface area contributed by atoms with E-state index in [9.17, 15) is 14.9 Å². The van der Waals surface area contributed by atoms with Crippen molar-refractivity contribution in [2.45, 2.75) is 0 Å². The molecule has 2 aromatic rings. The fraction of sp³-hybridized carbons (Fsp3) is 0. The average Bonchev–Trinajstić information content (AvgIpc) is 2.92. The van der Waals surface area contributed by atoms with E-state index in [2.05, 4.69) is 20.7 Å². The number of nitro groups is 1. The number of carbonyl (C=O) groups excluding carboxylic acids is 1. The molecule has 0 radical (unpaired) electrons. The standard InChI is InChI=1S/C10H6N6O3/c11-4-6-3-7(16(18)19)1-2-8(6)13-10(17)9-5-12-15-14-9/h1-3,5H,(H,13,17)(H,12,14,15). The molecule has 1 aromatic carbocycles. The second kappa shape index (κ2) is 4.92. The first kappa shape index (κ1) is 12.2. The third kappa shape index (κ3) is 2.52. The van der Waals surface area contributed by atoms with Crippen LogP contribution in [0, 0.1) is 21.4 Å². The second-order valence-electron chi connectivity index (χ2n) is 3.41. The summed E-state index contributed by atoms with van der Waals surface area (Å²) in [5.74, 6) is -0.570. The van der Waals surface area contributed by atoms with Crippen LogP contribution in [0.25, 0.3) is 0 Å². The number of hydrogen-bond donors (Lipinski definition) is 2. The largest absolute Gasteiger partial charge is 0.319 e. The number of nitrogens with one attached hydrogen (secondary N) is 2. The number of nitriles is 1. The van der Waals surface area contributed by atoms with Gasteiger partial charge in [0, 0.05) is 12.1 Å². The van der Waals surface area contributed by atoms with Gasteiger partial charge in [0.2, 0.25) is 0 Å². The minimum atomic E-state index is -0.621. The lowest BCUT2D eigenvalue weighted by atomic mass is 10.1. The first-order valence-electron chi connectivity index (χ1n) is 4.97. The summed E-state index contributed by atoms with van der Waals surface area (Å²) < 4.78 is 0. The highest BCUT2D eigenvalue weighted by Gasteiger charge is 2.14. The minimum Gasteiger partial charge on any atom is -0.319 e. The number of amides is 1. The summed E-state index contributed by atoms with van der Waals surface area (Å²) in [6, 6.07) is 5.34. The Morgan fingerprint density at radius 3 is 2.89 bits per heavy atom. The van der Waals surface area contributed by atoms with Gasteiger partial charge in [-0.15, -0.1) is 0 Å². The SMILES string of the molecule is N#Cc1cc([N+](=O)[O-])ccc1NC(=O)c1cn[nH]n1. The Kier molecular flexibility index (Phi) is 3.16. The van der Waals surface area contributed by atoms with E-state index in [1.807, 2.05) is 0 Å². The van der Waals surface area contributed by atoms with Crippen LogP contribution in [0.2, 0.25) is 0 Å². The van der Waals surface area contributed by atoms with Crippen molar-refractivity contribution in [3.8, 4) is 6.07 Å². The zero-order chi connectivity index (χ0) is 13.8. The summed E-state index contributed by atoms with van der Waals surface area (Å²) in [4.78, 5) is 21.6. The number of rotatable bonds is 3. The van der Waals surface area contributed by atoms with E-state index >= 15 is 0 Å². The van der Waals surface area contributed by atoms with Crippen LogP contribution in [0.3, 0.4) is 0 Å². The van der Waals surface area contributed by atoms with E-state index in [1.54, 1.807) is 6.07 Å². The summed E-state index contributed by atoms with van der Waals surface area (Å²) in [6.45, 7) is 0. The van der Waals surface area contributed by atoms with Gasteiger partial charge in [-0.2, -0.15) is 20.7 Å². The Labute approximate surface area is 106 Å². The lowest BCUT2D eigenvalue weighted by Crippen LogP contribution is -2.13. The molecule has 19 heavy (non-hydrogen) atoms. The molecule has 2 rings (SSSR count). The first-order chi connectivity index (χ1) is 9.11. The molecule has 9 nitrogen and oxygen atoms in total. The van der Waals surface area contributed by atoms with Crippen LogP contribution in [-0.2, 0) is 0 Å². The number of nitro benzene ring substituents is 1. The van der Waals surface area contributed by atoms with Gasteiger partial charge in [0.25, 0.3) is 11.6 Å². The lowest BCUT2D eigenvalue weighted by molar-refractivity contribution is -0.384. The van der Waals surface area contributed by atoms with Crippen molar-refractivity contribution in [1.82, 2.24) is 15.4 Å². The molecule has 0 saturated carbocycles. The quantitative estimate of drug-likeness (QED) is 0.617. The monoisotopic (exact) mass is 258 g/mol. The van der Waals surface area contributed by atoms with Crippen molar-refractivity contribution in [2.75, 3.05) is 5.32 Å². The Bertz CT molecular complexity index is 673. The Balaban J connectivity index is 2.28. The number of H-pyrrole nitrogens is 1. The number of carbonyl (C=O) groups is 1. The molecule has 0 aliphatic rings. The topological polar surface area (TPSA) is 138 Å². The van der Waals surface area contributed by atoms with Gasteiger partial charge in [-0.1, -0.05) is 0 Å². The lowest BCUT2D eigenvalue weighted by Gasteiger charge is -2.04. The summed E-state index contributed by atoms with van der Waals surface area (Å²) in [6.07, 6.45) is 1.22. The van der Waals surface area contributed by atoms with Gasteiger partial charge >= 0.3 is 0 Å². The number of non-ortho nitro benzene ring substituents is 1. The van der Waals surface area contributed by atoms with Gasteiger partial charge in [0.15, 0.2) is 5.69 Å². The van der Waals surface area contributed by atoms with Crippen LogP contribution in [0.1, 0.15) is 16.1 Å². The Morgan fingerprint density at radius 1 is 1.53 bits per heavy atom. The van der Waals surface area contributed by atoms with Crippen LogP contribution in [-0.4, -0.2) is 26.2 Å². The summed E-state index contributed by atoms with van der Waals surface area (Å²) in [5.41, 5.74) is -0.0228. The molecule has 9 heteroatoms. The fourth-order valence-corrected chi connectivity index (χ4v) is 1.34. The van der Waals surface area contributed by atoms with Crippen molar-refractivity contribution < 1.29 is 9.72 Å². The third-order valence-corrected chi connectivity index (χ3v) is 2.23. The first-order valence-corrected chi connectivity index (χ1v) is 4.97. The number of nitrogens with zero attached hydrogens (tertiary/aromatic N) is 4. The molecule has 94 valence electrons. The smallest absolute Gasteiger partial charge is 0.277 e. The minimum absolute atomic E-state index is 0.00829. The van der Waals surface area contributed by atoms with E-state index in [1.165, 1.54) is 18.3 Å². The van der Waals surface area contributed by atoms with Crippen LogP contribution < -0.4 is 5.32 Å². The van der Waals surface area contributed by atoms with E-state index < -0.39 is 10.8 Å². The number of aromatic nitrogens is 3. The molecule has 0 aliphatic heterocycles. The number of anilines is 1. The highest BCUT2D eigenvalue weighted by atomic mass is 16.6. The molecule has 0 atom stereocenters. The van der Waals surface area contributed by atoms with Crippen LogP contribution in [0.4, 0.5) is 11.4 Å².